The van der Waals surface area contributed by atoms with E-state index in [1.807, 2.05) is 35.6 Å². The molecule has 7 nitrogen and oxygen atoms in total. The van der Waals surface area contributed by atoms with Gasteiger partial charge in [0, 0.05) is 4.88 Å². The van der Waals surface area contributed by atoms with Gasteiger partial charge in [-0.2, -0.15) is 0 Å². The number of para-hydroxylation sites is 1. The van der Waals surface area contributed by atoms with Crippen molar-refractivity contribution in [3.8, 4) is 5.69 Å². The first-order chi connectivity index (χ1) is 16.6. The zero-order valence-electron chi connectivity index (χ0n) is 20.9. The van der Waals surface area contributed by atoms with Gasteiger partial charge in [-0.15, -0.1) is 21.5 Å². The largest absolute Gasteiger partial charge is 0.468 e. The number of carbonyl (C=O) groups is 1. The molecule has 2 atom stereocenters. The van der Waals surface area contributed by atoms with E-state index in [-0.39, 0.29) is 16.9 Å². The maximum atomic E-state index is 14.1. The van der Waals surface area contributed by atoms with E-state index >= 15 is 0 Å². The van der Waals surface area contributed by atoms with Gasteiger partial charge in [-0.3, -0.25) is 9.59 Å². The average molecular weight is 511 g/mol. The van der Waals surface area contributed by atoms with Crippen LogP contribution in [0.25, 0.3) is 21.7 Å². The van der Waals surface area contributed by atoms with Gasteiger partial charge >= 0.3 is 5.97 Å². The Balaban J connectivity index is 1.81. The quantitative estimate of drug-likeness (QED) is 0.277. The highest BCUT2D eigenvalue weighted by Gasteiger charge is 2.33. The smallest absolute Gasteiger partial charge is 0.318 e. The van der Waals surface area contributed by atoms with Gasteiger partial charge in [0.2, 0.25) is 5.78 Å². The predicted octanol–water partition coefficient (Wildman–Crippen LogP) is 5.21. The van der Waals surface area contributed by atoms with Gasteiger partial charge in [-0.05, 0) is 61.6 Å². The lowest BCUT2D eigenvalue weighted by Crippen LogP contribution is -2.27. The lowest BCUT2D eigenvalue weighted by molar-refractivity contribution is -0.139. The Hall–Kier alpha value is -2.65. The number of esters is 1. The van der Waals surface area contributed by atoms with Gasteiger partial charge in [0.1, 0.15) is 10.1 Å². The van der Waals surface area contributed by atoms with E-state index < -0.39 is 5.25 Å². The first-order valence-corrected chi connectivity index (χ1v) is 13.6. The molecule has 3 heterocycles. The highest BCUT2D eigenvalue weighted by atomic mass is 32.2. The zero-order chi connectivity index (χ0) is 25.1. The zero-order valence-corrected chi connectivity index (χ0v) is 22.5. The summed E-state index contributed by atoms with van der Waals surface area (Å²) in [5, 5.41) is 9.76. The molecule has 3 aromatic heterocycles. The van der Waals surface area contributed by atoms with E-state index in [9.17, 15) is 9.59 Å². The Morgan fingerprint density at radius 2 is 2.00 bits per heavy atom. The van der Waals surface area contributed by atoms with Crippen LogP contribution in [0.2, 0.25) is 0 Å². The minimum absolute atomic E-state index is 0.0570. The van der Waals surface area contributed by atoms with Crippen LogP contribution in [0.15, 0.2) is 34.2 Å². The van der Waals surface area contributed by atoms with E-state index in [1.165, 1.54) is 23.7 Å². The topological polar surface area (TPSA) is 78.5 Å². The Kier molecular flexibility index (Phi) is 6.04. The van der Waals surface area contributed by atoms with Crippen molar-refractivity contribution in [2.45, 2.75) is 64.3 Å². The predicted molar refractivity (Wildman–Crippen MR) is 141 cm³/mol. The van der Waals surface area contributed by atoms with E-state index in [4.69, 9.17) is 4.74 Å². The molecule has 9 heteroatoms. The minimum Gasteiger partial charge on any atom is -0.468 e. The molecule has 4 aromatic rings. The summed E-state index contributed by atoms with van der Waals surface area (Å²) in [6.45, 7) is 10.7. The number of benzene rings is 1. The van der Waals surface area contributed by atoms with Crippen LogP contribution < -0.4 is 5.56 Å². The third kappa shape index (κ3) is 3.98. The molecule has 1 aromatic carbocycles. The fraction of sp³-hybridized carbons (Fsp3) is 0.462. The molecule has 0 bridgehead atoms. The van der Waals surface area contributed by atoms with Crippen molar-refractivity contribution in [2.24, 2.45) is 11.3 Å². The molecule has 0 unspecified atom stereocenters. The third-order valence-electron chi connectivity index (χ3n) is 7.08. The normalized spacial score (nSPS) is 17.0. The van der Waals surface area contributed by atoms with Crippen LogP contribution in [0.5, 0.6) is 0 Å². The van der Waals surface area contributed by atoms with Crippen molar-refractivity contribution < 1.29 is 9.53 Å². The van der Waals surface area contributed by atoms with Crippen molar-refractivity contribution in [3.05, 3.63) is 50.6 Å². The molecule has 0 radical (unpaired) electrons. The number of methoxy groups -OCH3 is 1. The van der Waals surface area contributed by atoms with E-state index in [1.54, 1.807) is 22.8 Å². The summed E-state index contributed by atoms with van der Waals surface area (Å²) in [5.41, 5.74) is 3.08. The van der Waals surface area contributed by atoms with Crippen molar-refractivity contribution in [1.82, 2.24) is 19.2 Å². The molecule has 1 aliphatic carbocycles. The van der Waals surface area contributed by atoms with Crippen LogP contribution in [-0.2, 0) is 22.4 Å². The number of hydrogen-bond donors (Lipinski definition) is 0. The summed E-state index contributed by atoms with van der Waals surface area (Å²) in [6, 6.07) is 7.82. The Labute approximate surface area is 212 Å². The number of thioether (sulfide) groups is 1. The lowest BCUT2D eigenvalue weighted by atomic mass is 9.72. The van der Waals surface area contributed by atoms with Crippen molar-refractivity contribution in [3.63, 3.8) is 0 Å². The van der Waals surface area contributed by atoms with Gasteiger partial charge in [-0.25, -0.2) is 8.97 Å². The molecule has 1 aliphatic rings. The second-order valence-corrected chi connectivity index (χ2v) is 12.7. The van der Waals surface area contributed by atoms with Crippen LogP contribution >= 0.6 is 23.1 Å². The number of aryl methyl sites for hydroxylation is 2. The summed E-state index contributed by atoms with van der Waals surface area (Å²) in [6.07, 6.45) is 2.91. The number of ether oxygens (including phenoxy) is 1. The van der Waals surface area contributed by atoms with Crippen LogP contribution in [0.1, 0.15) is 50.1 Å². The average Bonchev–Trinajstić information content (AvgIpc) is 3.40. The molecule has 184 valence electrons. The fourth-order valence-electron chi connectivity index (χ4n) is 4.96. The SMILES string of the molecule is COC(=O)[C@@H](C)Sc1nnc2n(-c3ccccc3C)c(=O)c3c4c(sc3n12)C[C@@H](C(C)(C)C)CC4. The standard InChI is InChI=1S/C26H30N4O3S2/c1-14-9-7-8-10-18(14)29-21(31)20-17-12-11-16(26(3,4)5)13-19(17)35-22(20)30-24(29)27-28-25(30)34-15(2)23(32)33-6/h7-10,15-16H,11-13H2,1-6H3/t15-,16+/m1/s1. The summed E-state index contributed by atoms with van der Waals surface area (Å²) in [7, 11) is 1.38. The third-order valence-corrected chi connectivity index (χ3v) is 9.34. The van der Waals surface area contributed by atoms with E-state index in [0.717, 1.165) is 46.3 Å². The Bertz CT molecular complexity index is 1510. The summed E-state index contributed by atoms with van der Waals surface area (Å²) in [4.78, 5) is 28.4. The van der Waals surface area contributed by atoms with Crippen LogP contribution in [0.4, 0.5) is 0 Å². The maximum Gasteiger partial charge on any atom is 0.318 e. The van der Waals surface area contributed by atoms with Crippen molar-refractivity contribution in [1.29, 1.82) is 0 Å². The molecule has 5 rings (SSSR count). The number of fused-ring (bicyclic) bond motifs is 5. The Morgan fingerprint density at radius 3 is 2.69 bits per heavy atom. The second kappa shape index (κ2) is 8.78. The van der Waals surface area contributed by atoms with Crippen LogP contribution in [0.3, 0.4) is 0 Å². The summed E-state index contributed by atoms with van der Waals surface area (Å²) in [5.74, 6) is 0.697. The number of aromatic nitrogens is 4. The van der Waals surface area contributed by atoms with Crippen molar-refractivity contribution in [2.75, 3.05) is 7.11 Å². The molecule has 0 spiro atoms. The lowest BCUT2D eigenvalue weighted by Gasteiger charge is -2.33. The van der Waals surface area contributed by atoms with Gasteiger partial charge in [0.15, 0.2) is 5.16 Å². The van der Waals surface area contributed by atoms with Gasteiger partial charge in [0.05, 0.1) is 18.2 Å². The van der Waals surface area contributed by atoms with E-state index in [0.29, 0.717) is 16.9 Å². The van der Waals surface area contributed by atoms with E-state index in [2.05, 4.69) is 31.0 Å². The number of nitrogens with zero attached hydrogens (tertiary/aromatic N) is 4. The van der Waals surface area contributed by atoms with Gasteiger partial charge in [0.25, 0.3) is 5.56 Å². The highest BCUT2D eigenvalue weighted by Crippen LogP contribution is 2.43. The molecule has 35 heavy (non-hydrogen) atoms. The molecule has 0 saturated heterocycles. The second-order valence-electron chi connectivity index (χ2n) is 10.3. The first kappa shape index (κ1) is 24.1. The summed E-state index contributed by atoms with van der Waals surface area (Å²) >= 11 is 2.97. The van der Waals surface area contributed by atoms with Crippen LogP contribution in [-0.4, -0.2) is 37.5 Å². The molecular weight excluding hydrogens is 480 g/mol. The summed E-state index contributed by atoms with van der Waals surface area (Å²) < 4.78 is 8.57. The number of hydrogen-bond acceptors (Lipinski definition) is 7. The molecule has 0 saturated carbocycles. The fourth-order valence-corrected chi connectivity index (χ4v) is 7.31. The first-order valence-electron chi connectivity index (χ1n) is 11.9. The molecule has 0 fully saturated rings. The number of thiophene rings is 1. The maximum absolute atomic E-state index is 14.1. The number of rotatable bonds is 4. The number of carbonyl (C=O) groups excluding carboxylic acids is 1. The molecular formula is C26H30N4O3S2. The van der Waals surface area contributed by atoms with Gasteiger partial charge in [-0.1, -0.05) is 50.7 Å². The molecule has 0 amide bonds. The molecule has 0 aliphatic heterocycles. The van der Waals surface area contributed by atoms with Gasteiger partial charge < -0.3 is 4.74 Å². The highest BCUT2D eigenvalue weighted by molar-refractivity contribution is 8.00. The minimum atomic E-state index is -0.457. The Morgan fingerprint density at radius 1 is 1.26 bits per heavy atom. The van der Waals surface area contributed by atoms with Crippen molar-refractivity contribution >= 4 is 45.1 Å². The monoisotopic (exact) mass is 510 g/mol. The van der Waals surface area contributed by atoms with Crippen LogP contribution in [0, 0.1) is 18.3 Å². The molecule has 0 N–H and O–H groups in total.